The lowest BCUT2D eigenvalue weighted by molar-refractivity contribution is 1.44. The molecule has 0 aromatic carbocycles. The van der Waals surface area contributed by atoms with Crippen LogP contribution in [0.25, 0.3) is 0 Å². The number of nitrogens with zero attached hydrogens (tertiary/aromatic N) is 2. The molecule has 0 unspecified atom stereocenters. The molecule has 0 fully saturated rings. The quantitative estimate of drug-likeness (QED) is 0.353. The molecule has 0 saturated heterocycles. The highest BCUT2D eigenvalue weighted by atomic mass is 79.9. The van der Waals surface area contributed by atoms with Crippen LogP contribution in [-0.2, 0) is 0 Å². The van der Waals surface area contributed by atoms with Crippen molar-refractivity contribution < 1.29 is 0 Å². The van der Waals surface area contributed by atoms with Crippen molar-refractivity contribution in [3.05, 3.63) is 0 Å². The third kappa shape index (κ3) is 4.46. The van der Waals surface area contributed by atoms with Gasteiger partial charge in [0, 0.05) is 7.05 Å². The first-order chi connectivity index (χ1) is 3.66. The maximum absolute atomic E-state index is 3.90. The summed E-state index contributed by atoms with van der Waals surface area (Å²) < 4.78 is 1.42. The topological polar surface area (TPSA) is 24.7 Å². The fourth-order valence-corrected chi connectivity index (χ4v) is 0.849. The predicted octanol–water partition coefficient (Wildman–Crippen LogP) is 2.18. The summed E-state index contributed by atoms with van der Waals surface area (Å²) in [5, 5.41) is 0. The van der Waals surface area contributed by atoms with Gasteiger partial charge in [-0.1, -0.05) is 0 Å². The number of aliphatic imine (C=N–C) groups is 2. The second kappa shape index (κ2) is 4.21. The Bertz CT molecular complexity index is 124. The summed E-state index contributed by atoms with van der Waals surface area (Å²) in [6.45, 7) is 1.84. The molecule has 0 spiro atoms. The molecule has 0 aliphatic carbocycles. The molecule has 0 rings (SSSR count). The highest BCUT2D eigenvalue weighted by Gasteiger charge is 1.83. The Kier molecular flexibility index (Phi) is 4.36. The average Bonchev–Trinajstić information content (AvgIpc) is 1.65. The second-order valence-corrected chi connectivity index (χ2v) is 2.96. The fraction of sp³-hybridized carbons (Fsp3) is 0.500. The summed E-state index contributed by atoms with van der Waals surface area (Å²) in [6, 6.07) is 0. The first-order valence-corrected chi connectivity index (χ1v) is 3.58. The van der Waals surface area contributed by atoms with Gasteiger partial charge in [0.1, 0.15) is 0 Å². The van der Waals surface area contributed by atoms with Crippen molar-refractivity contribution in [2.75, 3.05) is 7.05 Å². The SMILES string of the molecule is CN=C(Br)N=C(C)Br. The standard InChI is InChI=1S/C4H6Br2N2/c1-3(5)8-4(6)7-2/h1-2H3. The molecule has 0 aromatic rings. The molecule has 0 saturated carbocycles. The smallest absolute Gasteiger partial charge is 0.192 e. The minimum Gasteiger partial charge on any atom is -0.264 e. The summed E-state index contributed by atoms with van der Waals surface area (Å²) >= 11 is 6.26. The van der Waals surface area contributed by atoms with Gasteiger partial charge in [-0.3, -0.25) is 4.99 Å². The Morgan fingerprint density at radius 2 is 1.88 bits per heavy atom. The van der Waals surface area contributed by atoms with Gasteiger partial charge < -0.3 is 0 Å². The van der Waals surface area contributed by atoms with E-state index in [0.717, 1.165) is 4.62 Å². The highest BCUT2D eigenvalue weighted by Crippen LogP contribution is 1.94. The van der Waals surface area contributed by atoms with Gasteiger partial charge in [0.05, 0.1) is 4.62 Å². The summed E-state index contributed by atoms with van der Waals surface area (Å²) in [5.74, 6) is 0. The normalized spacial score (nSPS) is 14.5. The summed E-state index contributed by atoms with van der Waals surface area (Å²) in [5.41, 5.74) is 0. The maximum atomic E-state index is 3.90. The summed E-state index contributed by atoms with van der Waals surface area (Å²) in [6.07, 6.45) is 0. The molecule has 0 bridgehead atoms. The van der Waals surface area contributed by atoms with E-state index in [4.69, 9.17) is 0 Å². The molecule has 0 N–H and O–H groups in total. The van der Waals surface area contributed by atoms with Gasteiger partial charge in [-0.25, -0.2) is 4.99 Å². The zero-order valence-corrected chi connectivity index (χ0v) is 7.82. The largest absolute Gasteiger partial charge is 0.264 e. The number of halogens is 2. The van der Waals surface area contributed by atoms with Gasteiger partial charge in [0.2, 0.25) is 0 Å². The molecule has 0 heterocycles. The predicted molar refractivity (Wildman–Crippen MR) is 44.3 cm³/mol. The fourth-order valence-electron chi connectivity index (χ4n) is 0.177. The van der Waals surface area contributed by atoms with Crippen LogP contribution in [0.15, 0.2) is 9.98 Å². The van der Waals surface area contributed by atoms with Crippen molar-refractivity contribution in [1.82, 2.24) is 0 Å². The van der Waals surface area contributed by atoms with Gasteiger partial charge in [0.15, 0.2) is 4.74 Å². The van der Waals surface area contributed by atoms with Crippen LogP contribution in [-0.4, -0.2) is 16.4 Å². The zero-order valence-electron chi connectivity index (χ0n) is 4.65. The monoisotopic (exact) mass is 240 g/mol. The lowest BCUT2D eigenvalue weighted by atomic mass is 10.9. The lowest BCUT2D eigenvalue weighted by Crippen LogP contribution is -1.82. The van der Waals surface area contributed by atoms with E-state index < -0.39 is 0 Å². The molecular formula is C4H6Br2N2. The molecule has 0 radical (unpaired) electrons. The molecule has 0 atom stereocenters. The third-order valence-electron chi connectivity index (χ3n) is 0.431. The van der Waals surface area contributed by atoms with Crippen LogP contribution in [0.1, 0.15) is 6.92 Å². The highest BCUT2D eigenvalue weighted by molar-refractivity contribution is 9.19. The van der Waals surface area contributed by atoms with Crippen molar-refractivity contribution in [1.29, 1.82) is 0 Å². The van der Waals surface area contributed by atoms with Gasteiger partial charge in [-0.15, -0.1) is 0 Å². The van der Waals surface area contributed by atoms with Crippen molar-refractivity contribution in [3.8, 4) is 0 Å². The lowest BCUT2D eigenvalue weighted by Gasteiger charge is -1.83. The molecule has 46 valence electrons. The molecule has 4 heteroatoms. The summed E-state index contributed by atoms with van der Waals surface area (Å²) in [7, 11) is 1.67. The van der Waals surface area contributed by atoms with Crippen LogP contribution in [0, 0.1) is 0 Å². The second-order valence-electron chi connectivity index (χ2n) is 1.10. The van der Waals surface area contributed by atoms with Crippen LogP contribution in [0.5, 0.6) is 0 Å². The maximum Gasteiger partial charge on any atom is 0.192 e. The molecule has 8 heavy (non-hydrogen) atoms. The van der Waals surface area contributed by atoms with E-state index in [1.807, 2.05) is 6.92 Å². The number of amidine groups is 1. The molecule has 0 aliphatic heterocycles. The van der Waals surface area contributed by atoms with E-state index in [1.165, 1.54) is 0 Å². The van der Waals surface area contributed by atoms with Crippen LogP contribution in [0.2, 0.25) is 0 Å². The Labute approximate surface area is 65.4 Å². The van der Waals surface area contributed by atoms with Crippen LogP contribution in [0.4, 0.5) is 0 Å². The molecule has 0 amide bonds. The Morgan fingerprint density at radius 1 is 1.38 bits per heavy atom. The first kappa shape index (κ1) is 8.30. The van der Waals surface area contributed by atoms with Crippen LogP contribution < -0.4 is 0 Å². The van der Waals surface area contributed by atoms with Crippen molar-refractivity contribution in [3.63, 3.8) is 0 Å². The van der Waals surface area contributed by atoms with Crippen LogP contribution in [0.3, 0.4) is 0 Å². The van der Waals surface area contributed by atoms with E-state index in [1.54, 1.807) is 7.05 Å². The molecular weight excluding hydrogens is 236 g/mol. The Morgan fingerprint density at radius 3 is 2.00 bits per heavy atom. The van der Waals surface area contributed by atoms with Crippen molar-refractivity contribution in [2.45, 2.75) is 6.92 Å². The molecule has 2 nitrogen and oxygen atoms in total. The first-order valence-electron chi connectivity index (χ1n) is 2.00. The van der Waals surface area contributed by atoms with E-state index in [0.29, 0.717) is 4.74 Å². The Balaban J connectivity index is 3.89. The van der Waals surface area contributed by atoms with Gasteiger partial charge in [-0.05, 0) is 38.8 Å². The molecule has 0 aromatic heterocycles. The van der Waals surface area contributed by atoms with Gasteiger partial charge >= 0.3 is 0 Å². The van der Waals surface area contributed by atoms with Crippen molar-refractivity contribution in [2.24, 2.45) is 9.98 Å². The molecule has 0 aliphatic rings. The minimum atomic E-state index is 0.604. The number of hydrogen-bond acceptors (Lipinski definition) is 1. The van der Waals surface area contributed by atoms with E-state index in [-0.39, 0.29) is 0 Å². The van der Waals surface area contributed by atoms with Crippen LogP contribution >= 0.6 is 31.9 Å². The summed E-state index contributed by atoms with van der Waals surface area (Å²) in [4.78, 5) is 7.64. The van der Waals surface area contributed by atoms with Gasteiger partial charge in [0.25, 0.3) is 0 Å². The minimum absolute atomic E-state index is 0.604. The van der Waals surface area contributed by atoms with E-state index in [2.05, 4.69) is 41.8 Å². The van der Waals surface area contributed by atoms with Crippen molar-refractivity contribution >= 4 is 41.2 Å². The Hall–Kier alpha value is 0.300. The average molecular weight is 242 g/mol. The van der Waals surface area contributed by atoms with Gasteiger partial charge in [-0.2, -0.15) is 0 Å². The van der Waals surface area contributed by atoms with E-state index in [9.17, 15) is 0 Å². The third-order valence-corrected chi connectivity index (χ3v) is 1.14. The number of hydrogen-bond donors (Lipinski definition) is 0. The zero-order chi connectivity index (χ0) is 6.57. The van der Waals surface area contributed by atoms with E-state index >= 15 is 0 Å². The number of rotatable bonds is 0.